The van der Waals surface area contributed by atoms with Gasteiger partial charge in [-0.25, -0.2) is 0 Å². The minimum absolute atomic E-state index is 0.00707. The van der Waals surface area contributed by atoms with Crippen molar-refractivity contribution in [2.24, 2.45) is 0 Å². The van der Waals surface area contributed by atoms with Gasteiger partial charge in [-0.15, -0.1) is 0 Å². The molecule has 114 valence electrons. The van der Waals surface area contributed by atoms with Crippen LogP contribution in [0.25, 0.3) is 0 Å². The molecule has 0 aromatic heterocycles. The molecule has 1 aromatic rings. The summed E-state index contributed by atoms with van der Waals surface area (Å²) in [6.45, 7) is 0.969. The number of esters is 2. The lowest BCUT2D eigenvalue weighted by Crippen LogP contribution is -2.19. The van der Waals surface area contributed by atoms with Crippen LogP contribution in [-0.4, -0.2) is 31.3 Å². The SMILES string of the molecule is O=C(CCC(=O)Oc1cccc(Cl)c1)OCC1CCCO1. The highest BCUT2D eigenvalue weighted by Crippen LogP contribution is 2.18. The van der Waals surface area contributed by atoms with Crippen LogP contribution in [0.3, 0.4) is 0 Å². The second-order valence-corrected chi connectivity index (χ2v) is 5.19. The van der Waals surface area contributed by atoms with Crippen LogP contribution < -0.4 is 4.74 Å². The zero-order valence-electron chi connectivity index (χ0n) is 11.5. The van der Waals surface area contributed by atoms with Gasteiger partial charge in [0.2, 0.25) is 0 Å². The summed E-state index contributed by atoms with van der Waals surface area (Å²) >= 11 is 5.78. The molecule has 0 N–H and O–H groups in total. The third kappa shape index (κ3) is 5.73. The van der Waals surface area contributed by atoms with Crippen molar-refractivity contribution in [3.05, 3.63) is 29.3 Å². The molecule has 5 nitrogen and oxygen atoms in total. The zero-order chi connectivity index (χ0) is 15.1. The van der Waals surface area contributed by atoms with E-state index in [1.807, 2.05) is 0 Å². The Hall–Kier alpha value is -1.59. The second-order valence-electron chi connectivity index (χ2n) is 4.75. The van der Waals surface area contributed by atoms with Crippen molar-refractivity contribution in [1.82, 2.24) is 0 Å². The normalized spacial score (nSPS) is 17.5. The van der Waals surface area contributed by atoms with E-state index in [1.54, 1.807) is 18.2 Å². The lowest BCUT2D eigenvalue weighted by atomic mass is 10.2. The Morgan fingerprint density at radius 1 is 1.29 bits per heavy atom. The summed E-state index contributed by atoms with van der Waals surface area (Å²) < 4.78 is 15.5. The van der Waals surface area contributed by atoms with Crippen molar-refractivity contribution in [2.45, 2.75) is 31.8 Å². The van der Waals surface area contributed by atoms with Gasteiger partial charge < -0.3 is 14.2 Å². The maximum Gasteiger partial charge on any atom is 0.311 e. The third-order valence-electron chi connectivity index (χ3n) is 3.02. The van der Waals surface area contributed by atoms with E-state index in [-0.39, 0.29) is 25.6 Å². The van der Waals surface area contributed by atoms with E-state index in [0.29, 0.717) is 17.4 Å². The van der Waals surface area contributed by atoms with Crippen molar-refractivity contribution in [2.75, 3.05) is 13.2 Å². The van der Waals surface area contributed by atoms with Crippen molar-refractivity contribution >= 4 is 23.5 Å². The van der Waals surface area contributed by atoms with E-state index >= 15 is 0 Å². The third-order valence-corrected chi connectivity index (χ3v) is 3.25. The van der Waals surface area contributed by atoms with E-state index < -0.39 is 11.9 Å². The van der Waals surface area contributed by atoms with Gasteiger partial charge >= 0.3 is 11.9 Å². The molecule has 6 heteroatoms. The number of hydrogen-bond donors (Lipinski definition) is 0. The molecular weight excluding hydrogens is 296 g/mol. The van der Waals surface area contributed by atoms with E-state index in [4.69, 9.17) is 25.8 Å². The molecule has 1 aromatic carbocycles. The minimum atomic E-state index is -0.494. The number of benzene rings is 1. The molecule has 0 spiro atoms. The first-order valence-corrected chi connectivity index (χ1v) is 7.25. The smallest absolute Gasteiger partial charge is 0.311 e. The quantitative estimate of drug-likeness (QED) is 0.597. The number of carbonyl (C=O) groups is 2. The van der Waals surface area contributed by atoms with E-state index in [9.17, 15) is 9.59 Å². The first-order chi connectivity index (χ1) is 10.1. The largest absolute Gasteiger partial charge is 0.463 e. The fourth-order valence-corrected chi connectivity index (χ4v) is 2.13. The Morgan fingerprint density at radius 2 is 2.10 bits per heavy atom. The summed E-state index contributed by atoms with van der Waals surface area (Å²) in [6, 6.07) is 6.52. The Bertz CT molecular complexity index is 497. The Labute approximate surface area is 128 Å². The van der Waals surface area contributed by atoms with Gasteiger partial charge in [0.1, 0.15) is 12.4 Å². The summed E-state index contributed by atoms with van der Waals surface area (Å²) in [5.41, 5.74) is 0. The maximum absolute atomic E-state index is 11.6. The Balaban J connectivity index is 1.64. The first-order valence-electron chi connectivity index (χ1n) is 6.87. The number of halogens is 1. The Kier molecular flexibility index (Phi) is 6.02. The molecule has 2 rings (SSSR count). The fraction of sp³-hybridized carbons (Fsp3) is 0.467. The van der Waals surface area contributed by atoms with Gasteiger partial charge in [-0.3, -0.25) is 9.59 Å². The predicted molar refractivity (Wildman–Crippen MR) is 76.3 cm³/mol. The fourth-order valence-electron chi connectivity index (χ4n) is 1.95. The molecule has 1 fully saturated rings. The van der Waals surface area contributed by atoms with Crippen LogP contribution in [-0.2, 0) is 19.1 Å². The lowest BCUT2D eigenvalue weighted by Gasteiger charge is -2.10. The van der Waals surface area contributed by atoms with Gasteiger partial charge in [-0.2, -0.15) is 0 Å². The van der Waals surface area contributed by atoms with Gasteiger partial charge in [-0.05, 0) is 31.0 Å². The maximum atomic E-state index is 11.6. The molecule has 1 heterocycles. The standard InChI is InChI=1S/C15H17ClO5/c16-11-3-1-4-12(9-11)21-15(18)7-6-14(17)20-10-13-5-2-8-19-13/h1,3-4,9,13H,2,5-8,10H2. The molecule has 1 aliphatic heterocycles. The topological polar surface area (TPSA) is 61.8 Å². The van der Waals surface area contributed by atoms with Crippen molar-refractivity contribution in [3.63, 3.8) is 0 Å². The average molecular weight is 313 g/mol. The number of ether oxygens (including phenoxy) is 3. The highest BCUT2D eigenvalue weighted by molar-refractivity contribution is 6.30. The van der Waals surface area contributed by atoms with Gasteiger partial charge in [0.15, 0.2) is 0 Å². The molecule has 21 heavy (non-hydrogen) atoms. The summed E-state index contributed by atoms with van der Waals surface area (Å²) in [6.07, 6.45) is 1.86. The molecule has 1 atom stereocenters. The lowest BCUT2D eigenvalue weighted by molar-refractivity contribution is -0.149. The summed E-state index contributed by atoms with van der Waals surface area (Å²) in [5, 5.41) is 0.483. The van der Waals surface area contributed by atoms with Crippen LogP contribution in [0.4, 0.5) is 0 Å². The van der Waals surface area contributed by atoms with Crippen LogP contribution in [0.2, 0.25) is 5.02 Å². The predicted octanol–water partition coefficient (Wildman–Crippen LogP) is 2.75. The van der Waals surface area contributed by atoms with Crippen molar-refractivity contribution in [3.8, 4) is 5.75 Å². The van der Waals surface area contributed by atoms with E-state index in [2.05, 4.69) is 0 Å². The summed E-state index contributed by atoms with van der Waals surface area (Å²) in [7, 11) is 0. The molecule has 1 aliphatic rings. The molecule has 0 aliphatic carbocycles. The van der Waals surface area contributed by atoms with E-state index in [1.165, 1.54) is 6.07 Å². The van der Waals surface area contributed by atoms with Gasteiger partial charge in [0, 0.05) is 11.6 Å². The highest BCUT2D eigenvalue weighted by Gasteiger charge is 2.18. The first kappa shape index (κ1) is 15.8. The molecule has 0 radical (unpaired) electrons. The molecule has 0 amide bonds. The second kappa shape index (κ2) is 8.00. The molecular formula is C15H17ClO5. The molecule has 0 bridgehead atoms. The highest BCUT2D eigenvalue weighted by atomic mass is 35.5. The van der Waals surface area contributed by atoms with Crippen LogP contribution in [0.15, 0.2) is 24.3 Å². The van der Waals surface area contributed by atoms with Crippen molar-refractivity contribution in [1.29, 1.82) is 0 Å². The number of carbonyl (C=O) groups excluding carboxylic acids is 2. The van der Waals surface area contributed by atoms with Crippen LogP contribution >= 0.6 is 11.6 Å². The summed E-state index contributed by atoms with van der Waals surface area (Å²) in [5.74, 6) is -0.555. The average Bonchev–Trinajstić information content (AvgIpc) is 2.96. The molecule has 1 unspecified atom stereocenters. The number of hydrogen-bond acceptors (Lipinski definition) is 5. The van der Waals surface area contributed by atoms with Crippen molar-refractivity contribution < 1.29 is 23.8 Å². The van der Waals surface area contributed by atoms with Gasteiger partial charge in [0.05, 0.1) is 18.9 Å². The van der Waals surface area contributed by atoms with Crippen LogP contribution in [0.5, 0.6) is 5.75 Å². The Morgan fingerprint density at radius 3 is 2.81 bits per heavy atom. The van der Waals surface area contributed by atoms with Crippen LogP contribution in [0, 0.1) is 0 Å². The van der Waals surface area contributed by atoms with E-state index in [0.717, 1.165) is 12.8 Å². The summed E-state index contributed by atoms with van der Waals surface area (Å²) in [4.78, 5) is 23.1. The van der Waals surface area contributed by atoms with Gasteiger partial charge in [0.25, 0.3) is 0 Å². The molecule has 0 saturated carbocycles. The molecule has 1 saturated heterocycles. The number of rotatable bonds is 6. The monoisotopic (exact) mass is 312 g/mol. The zero-order valence-corrected chi connectivity index (χ0v) is 12.3. The van der Waals surface area contributed by atoms with Gasteiger partial charge in [-0.1, -0.05) is 17.7 Å². The minimum Gasteiger partial charge on any atom is -0.463 e. The van der Waals surface area contributed by atoms with Crippen LogP contribution in [0.1, 0.15) is 25.7 Å².